The van der Waals surface area contributed by atoms with Gasteiger partial charge in [0.25, 0.3) is 0 Å². The molecule has 2 atom stereocenters. The van der Waals surface area contributed by atoms with Gasteiger partial charge in [0, 0.05) is 12.6 Å². The van der Waals surface area contributed by atoms with Crippen LogP contribution >= 0.6 is 0 Å². The predicted molar refractivity (Wildman–Crippen MR) is 121 cm³/mol. The van der Waals surface area contributed by atoms with E-state index in [4.69, 9.17) is 0 Å². The van der Waals surface area contributed by atoms with Crippen molar-refractivity contribution in [2.45, 2.75) is 37.0 Å². The topological polar surface area (TPSA) is 88.2 Å². The summed E-state index contributed by atoms with van der Waals surface area (Å²) in [5.74, 6) is -1.48. The van der Waals surface area contributed by atoms with Crippen LogP contribution < -0.4 is 10.6 Å². The highest BCUT2D eigenvalue weighted by atomic mass is 19.4. The number of hydrogen-bond donors (Lipinski definition) is 2. The van der Waals surface area contributed by atoms with Crippen molar-refractivity contribution in [3.63, 3.8) is 0 Å². The molecule has 2 heterocycles. The first-order chi connectivity index (χ1) is 16.7. The van der Waals surface area contributed by atoms with Gasteiger partial charge >= 0.3 is 6.18 Å². The zero-order valence-electron chi connectivity index (χ0n) is 18.5. The number of carbonyl (C=O) groups is 3. The molecule has 0 saturated carbocycles. The van der Waals surface area contributed by atoms with Gasteiger partial charge in [0.2, 0.25) is 11.8 Å². The molecule has 1 aliphatic rings. The summed E-state index contributed by atoms with van der Waals surface area (Å²) >= 11 is 0. The number of Topliss-reactive ketones (excluding diaryl/α,β-unsaturated/α-hetero) is 1. The lowest BCUT2D eigenvalue weighted by molar-refractivity contribution is -0.137. The maximum Gasteiger partial charge on any atom is 0.416 e. The number of hydrogen-bond acceptors (Lipinski definition) is 4. The monoisotopic (exact) mass is 481 g/mol. The molecule has 2 N–H and O–H groups in total. The molecular formula is C26H22F3N3O3. The molecule has 6 nitrogen and oxygen atoms in total. The van der Waals surface area contributed by atoms with Crippen LogP contribution in [0.2, 0.25) is 0 Å². The van der Waals surface area contributed by atoms with Gasteiger partial charge in [-0.2, -0.15) is 13.2 Å². The van der Waals surface area contributed by atoms with Crippen LogP contribution in [-0.4, -0.2) is 28.6 Å². The summed E-state index contributed by atoms with van der Waals surface area (Å²) in [4.78, 5) is 41.3. The summed E-state index contributed by atoms with van der Waals surface area (Å²) in [5.41, 5.74) is -1.08. The Labute approximate surface area is 199 Å². The smallest absolute Gasteiger partial charge is 0.345 e. The van der Waals surface area contributed by atoms with E-state index in [0.717, 1.165) is 17.7 Å². The third-order valence-corrected chi connectivity index (χ3v) is 5.90. The lowest BCUT2D eigenvalue weighted by Crippen LogP contribution is -2.50. The van der Waals surface area contributed by atoms with E-state index in [9.17, 15) is 27.6 Å². The summed E-state index contributed by atoms with van der Waals surface area (Å²) in [6.45, 7) is 0. The third-order valence-electron chi connectivity index (χ3n) is 5.90. The van der Waals surface area contributed by atoms with Gasteiger partial charge in [0.1, 0.15) is 5.54 Å². The van der Waals surface area contributed by atoms with Crippen molar-refractivity contribution in [3.05, 3.63) is 101 Å². The largest absolute Gasteiger partial charge is 0.416 e. The van der Waals surface area contributed by atoms with Crippen LogP contribution in [-0.2, 0) is 32.5 Å². The van der Waals surface area contributed by atoms with E-state index in [-0.39, 0.29) is 24.8 Å². The zero-order chi connectivity index (χ0) is 25.1. The highest BCUT2D eigenvalue weighted by Crippen LogP contribution is 2.37. The number of amides is 2. The molecule has 1 aliphatic heterocycles. The van der Waals surface area contributed by atoms with Crippen LogP contribution in [0.4, 0.5) is 13.2 Å². The predicted octanol–water partition coefficient (Wildman–Crippen LogP) is 3.55. The molecule has 0 bridgehead atoms. The number of nitrogens with one attached hydrogen (secondary N) is 2. The minimum Gasteiger partial charge on any atom is -0.345 e. The highest BCUT2D eigenvalue weighted by molar-refractivity contribution is 6.08. The first-order valence-corrected chi connectivity index (χ1v) is 10.9. The number of benzene rings is 2. The van der Waals surface area contributed by atoms with Gasteiger partial charge in [-0.3, -0.25) is 19.4 Å². The van der Waals surface area contributed by atoms with E-state index in [0.29, 0.717) is 5.69 Å². The summed E-state index contributed by atoms with van der Waals surface area (Å²) in [5, 5.41) is 5.35. The molecule has 0 aliphatic carbocycles. The quantitative estimate of drug-likeness (QED) is 0.506. The Morgan fingerprint density at radius 2 is 1.69 bits per heavy atom. The van der Waals surface area contributed by atoms with Gasteiger partial charge in [0.15, 0.2) is 5.78 Å². The minimum absolute atomic E-state index is 0.100. The molecule has 1 fully saturated rings. The third kappa shape index (κ3) is 5.40. The molecule has 4 rings (SSSR count). The zero-order valence-corrected chi connectivity index (χ0v) is 18.5. The average Bonchev–Trinajstić information content (AvgIpc) is 3.15. The van der Waals surface area contributed by atoms with Gasteiger partial charge in [0.05, 0.1) is 30.1 Å². The normalized spacial score (nSPS) is 17.5. The van der Waals surface area contributed by atoms with Crippen molar-refractivity contribution in [2.75, 3.05) is 0 Å². The Kier molecular flexibility index (Phi) is 6.68. The number of halogens is 3. The standard InChI is InChI=1S/C26H22F3N3O3/c27-26(28,29)19-10-6-9-18(13-19)25(22-11-4-5-12-30-22,16-17-7-2-1-3-8-17)32-24(35)14-20-21(33)15-23(34)31-20/h1-13,20H,14-16H2,(H,31,34)(H,32,35). The molecule has 2 unspecified atom stereocenters. The summed E-state index contributed by atoms with van der Waals surface area (Å²) in [6, 6.07) is 17.7. The number of ketones is 1. The Hall–Kier alpha value is -4.01. The lowest BCUT2D eigenvalue weighted by atomic mass is 9.79. The van der Waals surface area contributed by atoms with Crippen molar-refractivity contribution in [1.82, 2.24) is 15.6 Å². The van der Waals surface area contributed by atoms with Crippen LogP contribution in [0.3, 0.4) is 0 Å². The molecule has 9 heteroatoms. The highest BCUT2D eigenvalue weighted by Gasteiger charge is 2.41. The van der Waals surface area contributed by atoms with Gasteiger partial charge in [-0.15, -0.1) is 0 Å². The summed E-state index contributed by atoms with van der Waals surface area (Å²) < 4.78 is 40.9. The van der Waals surface area contributed by atoms with Crippen LogP contribution in [0.25, 0.3) is 0 Å². The maximum absolute atomic E-state index is 13.6. The fourth-order valence-electron chi connectivity index (χ4n) is 4.25. The van der Waals surface area contributed by atoms with Crippen molar-refractivity contribution in [2.24, 2.45) is 0 Å². The Balaban J connectivity index is 1.82. The second-order valence-corrected chi connectivity index (χ2v) is 8.38. The SMILES string of the molecule is O=C1CC(=O)C(CC(=O)NC(Cc2ccccc2)(c2cccc(C(F)(F)F)c2)c2ccccn2)N1. The number of pyridine rings is 1. The minimum atomic E-state index is -4.59. The van der Waals surface area contributed by atoms with E-state index in [1.165, 1.54) is 18.3 Å². The van der Waals surface area contributed by atoms with E-state index >= 15 is 0 Å². The van der Waals surface area contributed by atoms with Gasteiger partial charge in [-0.05, 0) is 35.4 Å². The van der Waals surface area contributed by atoms with Crippen LogP contribution in [0.15, 0.2) is 79.0 Å². The second kappa shape index (κ2) is 9.69. The first kappa shape index (κ1) is 24.1. The molecule has 1 saturated heterocycles. The molecule has 2 amide bonds. The van der Waals surface area contributed by atoms with Crippen LogP contribution in [0.1, 0.15) is 35.2 Å². The number of rotatable bonds is 7. The Morgan fingerprint density at radius 1 is 0.971 bits per heavy atom. The fraction of sp³-hybridized carbons (Fsp3) is 0.231. The second-order valence-electron chi connectivity index (χ2n) is 8.38. The molecule has 0 spiro atoms. The van der Waals surface area contributed by atoms with Crippen molar-refractivity contribution < 1.29 is 27.6 Å². The van der Waals surface area contributed by atoms with Gasteiger partial charge in [-0.1, -0.05) is 48.5 Å². The van der Waals surface area contributed by atoms with Crippen LogP contribution in [0, 0.1) is 0 Å². The van der Waals surface area contributed by atoms with E-state index in [1.807, 2.05) is 6.07 Å². The molecule has 2 aromatic carbocycles. The number of aromatic nitrogens is 1. The summed E-state index contributed by atoms with van der Waals surface area (Å²) in [7, 11) is 0. The lowest BCUT2D eigenvalue weighted by Gasteiger charge is -2.36. The molecule has 1 aromatic heterocycles. The van der Waals surface area contributed by atoms with Gasteiger partial charge < -0.3 is 10.6 Å². The number of carbonyl (C=O) groups excluding carboxylic acids is 3. The fourth-order valence-corrected chi connectivity index (χ4v) is 4.25. The van der Waals surface area contributed by atoms with Crippen molar-refractivity contribution in [1.29, 1.82) is 0 Å². The molecule has 180 valence electrons. The van der Waals surface area contributed by atoms with Crippen LogP contribution in [0.5, 0.6) is 0 Å². The molecular weight excluding hydrogens is 459 g/mol. The molecule has 0 radical (unpaired) electrons. The van der Waals surface area contributed by atoms with Crippen molar-refractivity contribution >= 4 is 17.6 Å². The van der Waals surface area contributed by atoms with Crippen molar-refractivity contribution in [3.8, 4) is 0 Å². The summed E-state index contributed by atoms with van der Waals surface area (Å²) in [6.07, 6.45) is -3.64. The maximum atomic E-state index is 13.6. The van der Waals surface area contributed by atoms with E-state index in [2.05, 4.69) is 15.6 Å². The molecule has 35 heavy (non-hydrogen) atoms. The number of nitrogens with zero attached hydrogens (tertiary/aromatic N) is 1. The Morgan fingerprint density at radius 3 is 2.31 bits per heavy atom. The van der Waals surface area contributed by atoms with Gasteiger partial charge in [-0.25, -0.2) is 0 Å². The first-order valence-electron chi connectivity index (χ1n) is 10.9. The molecule has 3 aromatic rings. The number of alkyl halides is 3. The van der Waals surface area contributed by atoms with E-state index < -0.39 is 40.9 Å². The Bertz CT molecular complexity index is 1230. The average molecular weight is 481 g/mol. The van der Waals surface area contributed by atoms with E-state index in [1.54, 1.807) is 42.5 Å².